The van der Waals surface area contributed by atoms with Crippen molar-refractivity contribution in [1.82, 2.24) is 0 Å². The molecule has 0 saturated heterocycles. The van der Waals surface area contributed by atoms with Crippen molar-refractivity contribution in [2.75, 3.05) is 12.4 Å². The predicted molar refractivity (Wildman–Crippen MR) is 138 cm³/mol. The highest BCUT2D eigenvalue weighted by molar-refractivity contribution is 7.14. The first-order valence-electron chi connectivity index (χ1n) is 11.6. The maximum absolute atomic E-state index is 12.5. The van der Waals surface area contributed by atoms with Gasteiger partial charge in [0.25, 0.3) is 0 Å². The smallest absolute Gasteiger partial charge is 0.412 e. The van der Waals surface area contributed by atoms with E-state index in [2.05, 4.69) is 5.32 Å². The van der Waals surface area contributed by atoms with Crippen molar-refractivity contribution < 1.29 is 23.8 Å². The third-order valence-electron chi connectivity index (χ3n) is 6.11. The van der Waals surface area contributed by atoms with Crippen molar-refractivity contribution in [2.24, 2.45) is 5.92 Å². The number of benzene rings is 2. The normalized spacial score (nSPS) is 18.4. The van der Waals surface area contributed by atoms with E-state index in [9.17, 15) is 9.59 Å². The molecular formula is C27H28ClNO5S. The molecule has 1 heterocycles. The Bertz CT molecular complexity index is 1160. The van der Waals surface area contributed by atoms with Crippen LogP contribution in [0, 0.1) is 5.92 Å². The largest absolute Gasteiger partial charge is 0.490 e. The van der Waals surface area contributed by atoms with Crippen LogP contribution in [0.1, 0.15) is 44.3 Å². The summed E-state index contributed by atoms with van der Waals surface area (Å²) in [5.74, 6) is 0.493. The van der Waals surface area contributed by atoms with Crippen LogP contribution in [-0.4, -0.2) is 25.3 Å². The lowest BCUT2D eigenvalue weighted by atomic mass is 9.87. The van der Waals surface area contributed by atoms with Crippen LogP contribution in [0.15, 0.2) is 60.0 Å². The summed E-state index contributed by atoms with van der Waals surface area (Å²) in [5, 5.41) is 5.32. The summed E-state index contributed by atoms with van der Waals surface area (Å²) < 4.78 is 16.6. The summed E-state index contributed by atoms with van der Waals surface area (Å²) in [6, 6.07) is 16.9. The zero-order chi connectivity index (χ0) is 24.8. The van der Waals surface area contributed by atoms with Crippen LogP contribution in [0.2, 0.25) is 5.02 Å². The van der Waals surface area contributed by atoms with Gasteiger partial charge in [0.05, 0.1) is 29.7 Å². The van der Waals surface area contributed by atoms with Crippen molar-refractivity contribution >= 4 is 40.7 Å². The molecule has 8 heteroatoms. The lowest BCUT2D eigenvalue weighted by Crippen LogP contribution is -2.30. The number of ether oxygens (including phenoxy) is 3. The van der Waals surface area contributed by atoms with Gasteiger partial charge in [0.15, 0.2) is 0 Å². The van der Waals surface area contributed by atoms with Crippen LogP contribution < -0.4 is 10.1 Å². The Kier molecular flexibility index (Phi) is 8.31. The van der Waals surface area contributed by atoms with Crippen LogP contribution in [0.4, 0.5) is 10.5 Å². The number of carbonyl (C=O) groups is 2. The number of esters is 1. The highest BCUT2D eigenvalue weighted by Crippen LogP contribution is 2.36. The minimum absolute atomic E-state index is 0.00690. The van der Waals surface area contributed by atoms with E-state index in [0.29, 0.717) is 17.1 Å². The van der Waals surface area contributed by atoms with Crippen molar-refractivity contribution in [3.8, 4) is 16.2 Å². The van der Waals surface area contributed by atoms with Crippen molar-refractivity contribution in [3.05, 3.63) is 70.6 Å². The SMILES string of the molecule is COC(=O)[C@H]1CCC[C@H](Oc2ccc(-c3sccc3NC(=O)O[C@H](C)c3ccccc3Cl)cc2)C1. The van der Waals surface area contributed by atoms with Crippen molar-refractivity contribution in [3.63, 3.8) is 0 Å². The molecule has 0 radical (unpaired) electrons. The number of carbonyl (C=O) groups excluding carboxylic acids is 2. The molecule has 0 spiro atoms. The van der Waals surface area contributed by atoms with Gasteiger partial charge in [-0.05, 0) is 79.9 Å². The quantitative estimate of drug-likeness (QED) is 0.331. The fourth-order valence-electron chi connectivity index (χ4n) is 4.31. The molecule has 1 aromatic heterocycles. The highest BCUT2D eigenvalue weighted by atomic mass is 35.5. The minimum atomic E-state index is -0.547. The Balaban J connectivity index is 1.37. The number of hydrogen-bond acceptors (Lipinski definition) is 6. The second-order valence-electron chi connectivity index (χ2n) is 8.51. The molecule has 1 fully saturated rings. The van der Waals surface area contributed by atoms with E-state index in [1.54, 1.807) is 13.0 Å². The number of rotatable bonds is 7. The summed E-state index contributed by atoms with van der Waals surface area (Å²) in [7, 11) is 1.43. The lowest BCUT2D eigenvalue weighted by Gasteiger charge is -2.28. The van der Waals surface area contributed by atoms with Gasteiger partial charge in [-0.15, -0.1) is 11.3 Å². The van der Waals surface area contributed by atoms with Gasteiger partial charge in [0, 0.05) is 10.6 Å². The molecule has 6 nitrogen and oxygen atoms in total. The molecule has 0 bridgehead atoms. The van der Waals surface area contributed by atoms with E-state index in [0.717, 1.165) is 41.0 Å². The standard InChI is InChI=1S/C27H28ClNO5S/c1-17(22-8-3-4-9-23(22)28)33-27(31)29-24-14-15-35-25(24)18-10-12-20(13-11-18)34-21-7-5-6-19(16-21)26(30)32-2/h3-4,8-15,17,19,21H,5-7,16H2,1-2H3,(H,29,31)/t17-,19+,21+/m1/s1. The first-order chi connectivity index (χ1) is 16.9. The third-order valence-corrected chi connectivity index (χ3v) is 7.42. The molecular weight excluding hydrogens is 486 g/mol. The van der Waals surface area contributed by atoms with E-state index in [1.165, 1.54) is 18.4 Å². The van der Waals surface area contributed by atoms with Gasteiger partial charge in [-0.3, -0.25) is 10.1 Å². The fraction of sp³-hybridized carbons (Fsp3) is 0.333. The average molecular weight is 514 g/mol. The van der Waals surface area contributed by atoms with Crippen LogP contribution in [0.5, 0.6) is 5.75 Å². The van der Waals surface area contributed by atoms with Crippen LogP contribution >= 0.6 is 22.9 Å². The zero-order valence-electron chi connectivity index (χ0n) is 19.7. The van der Waals surface area contributed by atoms with Crippen LogP contribution in [-0.2, 0) is 14.3 Å². The monoisotopic (exact) mass is 513 g/mol. The van der Waals surface area contributed by atoms with E-state index in [1.807, 2.05) is 53.9 Å². The summed E-state index contributed by atoms with van der Waals surface area (Å²) in [5.41, 5.74) is 2.38. The van der Waals surface area contributed by atoms with Gasteiger partial charge < -0.3 is 14.2 Å². The molecule has 35 heavy (non-hydrogen) atoms. The number of halogens is 1. The van der Waals surface area contributed by atoms with E-state index >= 15 is 0 Å². The lowest BCUT2D eigenvalue weighted by molar-refractivity contribution is -0.147. The summed E-state index contributed by atoms with van der Waals surface area (Å²) >= 11 is 7.74. The minimum Gasteiger partial charge on any atom is -0.490 e. The van der Waals surface area contributed by atoms with Gasteiger partial charge in [-0.2, -0.15) is 0 Å². The topological polar surface area (TPSA) is 73.9 Å². The molecule has 3 atom stereocenters. The second kappa shape index (κ2) is 11.6. The molecule has 2 aromatic carbocycles. The predicted octanol–water partition coefficient (Wildman–Crippen LogP) is 7.49. The maximum atomic E-state index is 12.5. The molecule has 1 N–H and O–H groups in total. The average Bonchev–Trinajstić information content (AvgIpc) is 3.32. The number of methoxy groups -OCH3 is 1. The molecule has 1 aliphatic rings. The van der Waals surface area contributed by atoms with E-state index in [-0.39, 0.29) is 18.0 Å². The summed E-state index contributed by atoms with van der Waals surface area (Å²) in [6.45, 7) is 1.79. The molecule has 3 aromatic rings. The molecule has 4 rings (SSSR count). The third kappa shape index (κ3) is 6.35. The van der Waals surface area contributed by atoms with Crippen molar-refractivity contribution in [1.29, 1.82) is 0 Å². The second-order valence-corrected chi connectivity index (χ2v) is 9.83. The van der Waals surface area contributed by atoms with E-state index < -0.39 is 12.2 Å². The first-order valence-corrected chi connectivity index (χ1v) is 12.8. The maximum Gasteiger partial charge on any atom is 0.412 e. The molecule has 1 aliphatic carbocycles. The first kappa shape index (κ1) is 25.1. The van der Waals surface area contributed by atoms with Gasteiger partial charge in [-0.25, -0.2) is 4.79 Å². The Labute approximate surface area is 214 Å². The fourth-order valence-corrected chi connectivity index (χ4v) is 5.46. The highest BCUT2D eigenvalue weighted by Gasteiger charge is 2.29. The van der Waals surface area contributed by atoms with Crippen molar-refractivity contribution in [2.45, 2.75) is 44.8 Å². The number of amides is 1. The number of hydrogen-bond donors (Lipinski definition) is 1. The summed E-state index contributed by atoms with van der Waals surface area (Å²) in [6.07, 6.45) is 2.34. The molecule has 0 unspecified atom stereocenters. The van der Waals surface area contributed by atoms with Crippen LogP contribution in [0.25, 0.3) is 10.4 Å². The Morgan fingerprint density at radius 1 is 1.09 bits per heavy atom. The molecule has 1 amide bonds. The van der Waals surface area contributed by atoms with Gasteiger partial charge >= 0.3 is 12.1 Å². The number of anilines is 1. The zero-order valence-corrected chi connectivity index (χ0v) is 21.2. The Morgan fingerprint density at radius 3 is 2.60 bits per heavy atom. The number of thiophene rings is 1. The Morgan fingerprint density at radius 2 is 1.86 bits per heavy atom. The molecule has 1 saturated carbocycles. The number of nitrogens with one attached hydrogen (secondary N) is 1. The molecule has 0 aliphatic heterocycles. The van der Waals surface area contributed by atoms with Crippen LogP contribution in [0.3, 0.4) is 0 Å². The Hall–Kier alpha value is -3.03. The van der Waals surface area contributed by atoms with Gasteiger partial charge in [0.2, 0.25) is 0 Å². The van der Waals surface area contributed by atoms with E-state index in [4.69, 9.17) is 25.8 Å². The van der Waals surface area contributed by atoms with Gasteiger partial charge in [-0.1, -0.05) is 29.8 Å². The summed E-state index contributed by atoms with van der Waals surface area (Å²) in [4.78, 5) is 25.3. The van der Waals surface area contributed by atoms with Gasteiger partial charge in [0.1, 0.15) is 11.9 Å². The molecule has 184 valence electrons.